The van der Waals surface area contributed by atoms with Crippen LogP contribution in [0.15, 0.2) is 51.1 Å². The minimum Gasteiger partial charge on any atom is -0.315 e. The van der Waals surface area contributed by atoms with E-state index in [-0.39, 0.29) is 4.90 Å². The molecule has 1 heterocycles. The van der Waals surface area contributed by atoms with Gasteiger partial charge in [-0.2, -0.15) is 9.57 Å². The van der Waals surface area contributed by atoms with Crippen molar-refractivity contribution in [1.82, 2.24) is 9.62 Å². The lowest BCUT2D eigenvalue weighted by atomic mass is 10.2. The third-order valence-corrected chi connectivity index (χ3v) is 7.61. The number of halogens is 2. The average Bonchev–Trinajstić information content (AvgIpc) is 2.91. The van der Waals surface area contributed by atoms with E-state index in [2.05, 4.69) is 5.32 Å². The van der Waals surface area contributed by atoms with E-state index in [9.17, 15) is 13.7 Å². The minimum absolute atomic E-state index is 0.129. The highest BCUT2D eigenvalue weighted by atomic mass is 35.5. The quantitative estimate of drug-likeness (QED) is 0.775. The highest BCUT2D eigenvalue weighted by Crippen LogP contribution is 2.37. The molecule has 1 saturated heterocycles. The van der Waals surface area contributed by atoms with Gasteiger partial charge in [0.1, 0.15) is 0 Å². The molecule has 5 nitrogen and oxygen atoms in total. The van der Waals surface area contributed by atoms with Crippen molar-refractivity contribution >= 4 is 45.0 Å². The lowest BCUT2D eigenvalue weighted by Crippen LogP contribution is -2.34. The van der Waals surface area contributed by atoms with E-state index in [4.69, 9.17) is 23.2 Å². The summed E-state index contributed by atoms with van der Waals surface area (Å²) in [5.74, 6) is 0. The van der Waals surface area contributed by atoms with Gasteiger partial charge >= 0.3 is 0 Å². The van der Waals surface area contributed by atoms with Gasteiger partial charge in [0.05, 0.1) is 16.5 Å². The van der Waals surface area contributed by atoms with Gasteiger partial charge in [-0.1, -0.05) is 35.0 Å². The van der Waals surface area contributed by atoms with Crippen molar-refractivity contribution in [2.45, 2.75) is 21.1 Å². The Hall–Kier alpha value is -1.27. The van der Waals surface area contributed by atoms with Crippen molar-refractivity contribution in [2.24, 2.45) is 0 Å². The van der Waals surface area contributed by atoms with Crippen LogP contribution >= 0.6 is 35.0 Å². The first-order valence-corrected chi connectivity index (χ1v) is 11.3. The van der Waals surface area contributed by atoms with E-state index in [0.717, 1.165) is 17.9 Å². The van der Waals surface area contributed by atoms with E-state index in [1.807, 2.05) is 6.07 Å². The largest absolute Gasteiger partial charge is 0.315 e. The zero-order valence-corrected chi connectivity index (χ0v) is 17.4. The van der Waals surface area contributed by atoms with Gasteiger partial charge in [-0.3, -0.25) is 0 Å². The summed E-state index contributed by atoms with van der Waals surface area (Å²) in [6.45, 7) is 2.22. The standard InChI is InChI=1S/C18H17Cl2N3O2S2/c19-14-9-15(20)11-16(10-14)26-17-3-2-13(12-21)8-18(17)27(24,25)23-6-1-4-22-5-7-23/h2-3,8-11,22H,1,4-7H2. The fourth-order valence-corrected chi connectivity index (χ4v) is 6.37. The normalized spacial score (nSPS) is 15.9. The number of benzene rings is 2. The maximum Gasteiger partial charge on any atom is 0.244 e. The predicted octanol–water partition coefficient (Wildman–Crippen LogP) is 4.00. The zero-order valence-electron chi connectivity index (χ0n) is 14.3. The molecule has 0 saturated carbocycles. The molecule has 0 atom stereocenters. The summed E-state index contributed by atoms with van der Waals surface area (Å²) in [4.78, 5) is 1.39. The first-order valence-electron chi connectivity index (χ1n) is 8.29. The molecule has 2 aromatic rings. The molecular weight excluding hydrogens is 425 g/mol. The van der Waals surface area contributed by atoms with Crippen LogP contribution in [0, 0.1) is 11.3 Å². The Balaban J connectivity index is 2.03. The summed E-state index contributed by atoms with van der Waals surface area (Å²) >= 11 is 13.4. The number of nitrogens with zero attached hydrogens (tertiary/aromatic N) is 2. The van der Waals surface area contributed by atoms with E-state index in [0.29, 0.717) is 40.1 Å². The van der Waals surface area contributed by atoms with Gasteiger partial charge < -0.3 is 5.32 Å². The molecule has 2 aromatic carbocycles. The van der Waals surface area contributed by atoms with Crippen LogP contribution in [0.1, 0.15) is 12.0 Å². The molecule has 0 spiro atoms. The van der Waals surface area contributed by atoms with Gasteiger partial charge in [0.25, 0.3) is 0 Å². The van der Waals surface area contributed by atoms with Crippen LogP contribution in [0.3, 0.4) is 0 Å². The zero-order chi connectivity index (χ0) is 19.4. The molecule has 0 radical (unpaired) electrons. The van der Waals surface area contributed by atoms with Gasteiger partial charge in [0.2, 0.25) is 10.0 Å². The number of rotatable bonds is 4. The third-order valence-electron chi connectivity index (χ3n) is 4.05. The van der Waals surface area contributed by atoms with Crippen molar-refractivity contribution in [1.29, 1.82) is 5.26 Å². The van der Waals surface area contributed by atoms with E-state index >= 15 is 0 Å². The van der Waals surface area contributed by atoms with E-state index in [1.165, 1.54) is 22.1 Å². The highest BCUT2D eigenvalue weighted by molar-refractivity contribution is 8.00. The van der Waals surface area contributed by atoms with Crippen molar-refractivity contribution in [3.8, 4) is 6.07 Å². The second-order valence-corrected chi connectivity index (χ2v) is 9.88. The molecule has 0 amide bonds. The maximum atomic E-state index is 13.3. The number of nitrogens with one attached hydrogen (secondary N) is 1. The Morgan fingerprint density at radius 2 is 1.81 bits per heavy atom. The number of nitriles is 1. The monoisotopic (exact) mass is 441 g/mol. The van der Waals surface area contributed by atoms with Gasteiger partial charge in [-0.15, -0.1) is 0 Å². The summed E-state index contributed by atoms with van der Waals surface area (Å²) in [5, 5.41) is 13.4. The van der Waals surface area contributed by atoms with Crippen molar-refractivity contribution in [3.63, 3.8) is 0 Å². The molecule has 1 fully saturated rings. The molecule has 0 aromatic heterocycles. The molecule has 9 heteroatoms. The summed E-state index contributed by atoms with van der Waals surface area (Å²) in [6.07, 6.45) is 0.740. The summed E-state index contributed by atoms with van der Waals surface area (Å²) < 4.78 is 28.0. The first kappa shape index (κ1) is 20.5. The van der Waals surface area contributed by atoms with Crippen LogP contribution in [0.2, 0.25) is 10.0 Å². The van der Waals surface area contributed by atoms with Crippen molar-refractivity contribution in [3.05, 3.63) is 52.0 Å². The van der Waals surface area contributed by atoms with Gasteiger partial charge in [0.15, 0.2) is 0 Å². The SMILES string of the molecule is N#Cc1ccc(Sc2cc(Cl)cc(Cl)c2)c(S(=O)(=O)N2CCCNCC2)c1. The Bertz CT molecular complexity index is 962. The molecule has 3 rings (SSSR count). The summed E-state index contributed by atoms with van der Waals surface area (Å²) in [6, 6.07) is 11.8. The first-order chi connectivity index (χ1) is 12.9. The molecule has 1 aliphatic heterocycles. The fraction of sp³-hybridized carbons (Fsp3) is 0.278. The van der Waals surface area contributed by atoms with E-state index in [1.54, 1.807) is 30.3 Å². The third kappa shape index (κ3) is 4.96. The Morgan fingerprint density at radius 1 is 1.07 bits per heavy atom. The molecular formula is C18H17Cl2N3O2S2. The Kier molecular flexibility index (Phi) is 6.69. The predicted molar refractivity (Wildman–Crippen MR) is 108 cm³/mol. The van der Waals surface area contributed by atoms with Crippen molar-refractivity contribution in [2.75, 3.05) is 26.2 Å². The summed E-state index contributed by atoms with van der Waals surface area (Å²) in [5.41, 5.74) is 0.301. The van der Waals surface area contributed by atoms with E-state index < -0.39 is 10.0 Å². The van der Waals surface area contributed by atoms with Gasteiger partial charge in [-0.25, -0.2) is 8.42 Å². The number of hydrogen-bond donors (Lipinski definition) is 1. The van der Waals surface area contributed by atoms with Crippen LogP contribution < -0.4 is 5.32 Å². The van der Waals surface area contributed by atoms with Crippen LogP contribution in [-0.2, 0) is 10.0 Å². The molecule has 0 bridgehead atoms. The lowest BCUT2D eigenvalue weighted by Gasteiger charge is -2.21. The highest BCUT2D eigenvalue weighted by Gasteiger charge is 2.28. The van der Waals surface area contributed by atoms with Crippen LogP contribution in [0.5, 0.6) is 0 Å². The molecule has 1 aliphatic rings. The van der Waals surface area contributed by atoms with Gasteiger partial charge in [0, 0.05) is 39.5 Å². The average molecular weight is 442 g/mol. The number of sulfonamides is 1. The van der Waals surface area contributed by atoms with Gasteiger partial charge in [-0.05, 0) is 49.4 Å². The topological polar surface area (TPSA) is 73.2 Å². The Morgan fingerprint density at radius 3 is 2.52 bits per heavy atom. The van der Waals surface area contributed by atoms with Crippen molar-refractivity contribution < 1.29 is 8.42 Å². The van der Waals surface area contributed by atoms with Crippen LogP contribution in [-0.4, -0.2) is 38.9 Å². The smallest absolute Gasteiger partial charge is 0.244 e. The van der Waals surface area contributed by atoms with Crippen LogP contribution in [0.4, 0.5) is 0 Å². The second kappa shape index (κ2) is 8.82. The molecule has 0 unspecified atom stereocenters. The lowest BCUT2D eigenvalue weighted by molar-refractivity contribution is 0.430. The number of hydrogen-bond acceptors (Lipinski definition) is 5. The second-order valence-electron chi connectivity index (χ2n) is 5.99. The molecule has 142 valence electrons. The fourth-order valence-electron chi connectivity index (χ4n) is 2.78. The summed E-state index contributed by atoms with van der Waals surface area (Å²) in [7, 11) is -3.73. The Labute approximate surface area is 173 Å². The van der Waals surface area contributed by atoms with Crippen LogP contribution in [0.25, 0.3) is 0 Å². The molecule has 27 heavy (non-hydrogen) atoms. The molecule has 1 N–H and O–H groups in total. The maximum absolute atomic E-state index is 13.3. The molecule has 0 aliphatic carbocycles. The minimum atomic E-state index is -3.73.